The molecule has 0 N–H and O–H groups in total. The van der Waals surface area contributed by atoms with Gasteiger partial charge in [-0.05, 0) is 24.3 Å². The van der Waals surface area contributed by atoms with E-state index in [1.165, 1.54) is 0 Å². The zero-order valence-electron chi connectivity index (χ0n) is 10.4. The molecule has 96 valence electrons. The number of hydrogen-bond acceptors (Lipinski definition) is 3. The molecule has 0 aliphatic carbocycles. The number of hydrogen-bond donors (Lipinski definition) is 0. The van der Waals surface area contributed by atoms with E-state index < -0.39 is 0 Å². The van der Waals surface area contributed by atoms with Crippen LogP contribution in [0.3, 0.4) is 0 Å². The summed E-state index contributed by atoms with van der Waals surface area (Å²) < 4.78 is 2.96. The lowest BCUT2D eigenvalue weighted by atomic mass is 10.2. The van der Waals surface area contributed by atoms with E-state index in [2.05, 4.69) is 31.1 Å². The van der Waals surface area contributed by atoms with Gasteiger partial charge in [0.1, 0.15) is 6.33 Å². The summed E-state index contributed by atoms with van der Waals surface area (Å²) >= 11 is 3.44. The van der Waals surface area contributed by atoms with Crippen LogP contribution in [-0.4, -0.2) is 19.6 Å². The summed E-state index contributed by atoms with van der Waals surface area (Å²) in [7, 11) is 0. The standard InChI is InChI=1S/C15H9BrN4/c16-11-7-5-10(6-8-11)14-18-19-15-12-3-1-2-4-13(12)17-9-20(14)15/h1-9H. The Kier molecular flexibility index (Phi) is 2.53. The molecule has 2 aromatic heterocycles. The Morgan fingerprint density at radius 2 is 1.70 bits per heavy atom. The van der Waals surface area contributed by atoms with Gasteiger partial charge in [-0.3, -0.25) is 4.40 Å². The molecule has 0 bridgehead atoms. The van der Waals surface area contributed by atoms with E-state index in [1.54, 1.807) is 6.33 Å². The molecule has 2 heterocycles. The summed E-state index contributed by atoms with van der Waals surface area (Å²) in [4.78, 5) is 4.46. The maximum atomic E-state index is 4.46. The Morgan fingerprint density at radius 3 is 2.55 bits per heavy atom. The van der Waals surface area contributed by atoms with Crippen molar-refractivity contribution in [3.05, 3.63) is 59.3 Å². The first-order valence-corrected chi connectivity index (χ1v) is 6.97. The lowest BCUT2D eigenvalue weighted by Crippen LogP contribution is -1.92. The maximum absolute atomic E-state index is 4.46. The highest BCUT2D eigenvalue weighted by molar-refractivity contribution is 9.10. The minimum absolute atomic E-state index is 0.797. The Bertz CT molecular complexity index is 912. The first kappa shape index (κ1) is 11.5. The molecule has 0 radical (unpaired) electrons. The van der Waals surface area contributed by atoms with Gasteiger partial charge in [-0.25, -0.2) is 4.98 Å². The van der Waals surface area contributed by atoms with Crippen LogP contribution in [0.4, 0.5) is 0 Å². The molecule has 5 heteroatoms. The number of aromatic nitrogens is 4. The second-order valence-corrected chi connectivity index (χ2v) is 5.40. The van der Waals surface area contributed by atoms with Crippen molar-refractivity contribution < 1.29 is 0 Å². The molecule has 0 saturated carbocycles. The van der Waals surface area contributed by atoms with Gasteiger partial charge in [0.15, 0.2) is 11.5 Å². The van der Waals surface area contributed by atoms with Gasteiger partial charge in [0, 0.05) is 15.4 Å². The van der Waals surface area contributed by atoms with Gasteiger partial charge in [0.25, 0.3) is 0 Å². The molecular formula is C15H9BrN4. The van der Waals surface area contributed by atoms with Gasteiger partial charge in [-0.15, -0.1) is 10.2 Å². The number of fused-ring (bicyclic) bond motifs is 3. The molecule has 0 aliphatic heterocycles. The summed E-state index contributed by atoms with van der Waals surface area (Å²) in [5.41, 5.74) is 2.76. The molecule has 4 nitrogen and oxygen atoms in total. The summed E-state index contributed by atoms with van der Waals surface area (Å²) in [6.45, 7) is 0. The molecule has 0 unspecified atom stereocenters. The number of rotatable bonds is 1. The lowest BCUT2D eigenvalue weighted by molar-refractivity contribution is 1.09. The van der Waals surface area contributed by atoms with Crippen molar-refractivity contribution in [3.63, 3.8) is 0 Å². The Balaban J connectivity index is 2.02. The van der Waals surface area contributed by atoms with Crippen molar-refractivity contribution >= 4 is 32.5 Å². The van der Waals surface area contributed by atoms with Gasteiger partial charge in [-0.1, -0.05) is 40.2 Å². The third-order valence-corrected chi connectivity index (χ3v) is 3.78. The van der Waals surface area contributed by atoms with Gasteiger partial charge in [0.2, 0.25) is 0 Å². The number of benzene rings is 2. The van der Waals surface area contributed by atoms with Crippen LogP contribution in [0.1, 0.15) is 0 Å². The van der Waals surface area contributed by atoms with E-state index >= 15 is 0 Å². The van der Waals surface area contributed by atoms with Crippen molar-refractivity contribution in [1.82, 2.24) is 19.6 Å². The second kappa shape index (κ2) is 4.38. The summed E-state index contributed by atoms with van der Waals surface area (Å²) in [6.07, 6.45) is 1.77. The molecule has 0 aliphatic rings. The molecular weight excluding hydrogens is 316 g/mol. The first-order chi connectivity index (χ1) is 9.83. The van der Waals surface area contributed by atoms with Crippen LogP contribution in [-0.2, 0) is 0 Å². The van der Waals surface area contributed by atoms with Gasteiger partial charge < -0.3 is 0 Å². The highest BCUT2D eigenvalue weighted by Crippen LogP contribution is 2.23. The van der Waals surface area contributed by atoms with Crippen molar-refractivity contribution in [2.75, 3.05) is 0 Å². The predicted octanol–water partition coefficient (Wildman–Crippen LogP) is 3.71. The first-order valence-electron chi connectivity index (χ1n) is 6.17. The molecule has 0 amide bonds. The molecule has 0 atom stereocenters. The number of para-hydroxylation sites is 1. The second-order valence-electron chi connectivity index (χ2n) is 4.49. The zero-order valence-corrected chi connectivity index (χ0v) is 11.9. The largest absolute Gasteiger partial charge is 0.265 e. The van der Waals surface area contributed by atoms with Gasteiger partial charge in [0.05, 0.1) is 5.52 Å². The fraction of sp³-hybridized carbons (Fsp3) is 0. The average Bonchev–Trinajstić information content (AvgIpc) is 2.92. The smallest absolute Gasteiger partial charge is 0.171 e. The normalized spacial score (nSPS) is 11.2. The number of halogens is 1. The Hall–Kier alpha value is -2.27. The van der Waals surface area contributed by atoms with E-state index in [0.717, 1.165) is 32.4 Å². The summed E-state index contributed by atoms with van der Waals surface area (Å²) in [5, 5.41) is 9.62. The summed E-state index contributed by atoms with van der Waals surface area (Å²) in [6, 6.07) is 15.9. The third kappa shape index (κ3) is 1.71. The van der Waals surface area contributed by atoms with Crippen molar-refractivity contribution in [2.24, 2.45) is 0 Å². The van der Waals surface area contributed by atoms with E-state index in [9.17, 15) is 0 Å². The monoisotopic (exact) mass is 324 g/mol. The third-order valence-electron chi connectivity index (χ3n) is 3.26. The lowest BCUT2D eigenvalue weighted by Gasteiger charge is -2.02. The van der Waals surface area contributed by atoms with Crippen molar-refractivity contribution in [2.45, 2.75) is 0 Å². The molecule has 4 aromatic rings. The number of nitrogens with zero attached hydrogens (tertiary/aromatic N) is 4. The van der Waals surface area contributed by atoms with E-state index in [-0.39, 0.29) is 0 Å². The fourth-order valence-electron chi connectivity index (χ4n) is 2.28. The molecule has 2 aromatic carbocycles. The molecule has 0 spiro atoms. The minimum atomic E-state index is 0.797. The van der Waals surface area contributed by atoms with E-state index in [0.29, 0.717) is 0 Å². The van der Waals surface area contributed by atoms with E-state index in [4.69, 9.17) is 0 Å². The van der Waals surface area contributed by atoms with E-state index in [1.807, 2.05) is 52.9 Å². The van der Waals surface area contributed by atoms with Crippen LogP contribution in [0.5, 0.6) is 0 Å². The highest BCUT2D eigenvalue weighted by atomic mass is 79.9. The maximum Gasteiger partial charge on any atom is 0.171 e. The SMILES string of the molecule is Brc1ccc(-c2nnc3c4ccccc4ncn23)cc1. The zero-order chi connectivity index (χ0) is 13.5. The van der Waals surface area contributed by atoms with Crippen LogP contribution in [0, 0.1) is 0 Å². The molecule has 20 heavy (non-hydrogen) atoms. The van der Waals surface area contributed by atoms with Gasteiger partial charge >= 0.3 is 0 Å². The van der Waals surface area contributed by atoms with Crippen LogP contribution in [0.2, 0.25) is 0 Å². The van der Waals surface area contributed by atoms with Crippen molar-refractivity contribution in [3.8, 4) is 11.4 Å². The highest BCUT2D eigenvalue weighted by Gasteiger charge is 2.10. The summed E-state index contributed by atoms with van der Waals surface area (Å²) in [5.74, 6) is 0.797. The van der Waals surface area contributed by atoms with Gasteiger partial charge in [-0.2, -0.15) is 0 Å². The molecule has 0 saturated heterocycles. The fourth-order valence-corrected chi connectivity index (χ4v) is 2.54. The average molecular weight is 325 g/mol. The Labute approximate surface area is 123 Å². The quantitative estimate of drug-likeness (QED) is 0.536. The molecule has 0 fully saturated rings. The Morgan fingerprint density at radius 1 is 0.900 bits per heavy atom. The van der Waals surface area contributed by atoms with Crippen LogP contribution < -0.4 is 0 Å². The predicted molar refractivity (Wildman–Crippen MR) is 81.4 cm³/mol. The molecule has 4 rings (SSSR count). The van der Waals surface area contributed by atoms with Crippen molar-refractivity contribution in [1.29, 1.82) is 0 Å². The topological polar surface area (TPSA) is 43.1 Å². The van der Waals surface area contributed by atoms with Crippen LogP contribution >= 0.6 is 15.9 Å². The minimum Gasteiger partial charge on any atom is -0.265 e. The van der Waals surface area contributed by atoms with Crippen LogP contribution in [0.15, 0.2) is 59.3 Å². The van der Waals surface area contributed by atoms with Crippen LogP contribution in [0.25, 0.3) is 27.9 Å².